The van der Waals surface area contributed by atoms with E-state index in [1.807, 2.05) is 27.7 Å². The summed E-state index contributed by atoms with van der Waals surface area (Å²) in [6.45, 7) is 10.9. The maximum absolute atomic E-state index is 11.8. The van der Waals surface area contributed by atoms with E-state index in [2.05, 4.69) is 17.2 Å². The highest BCUT2D eigenvalue weighted by atomic mass is 16.4. The Hall–Kier alpha value is -1.32. The fraction of sp³-hybridized carbons (Fsp3) is 0.733. The number of unbranched alkanes of at least 4 members (excludes halogenated alkanes) is 2. The van der Waals surface area contributed by atoms with Crippen LogP contribution in [0.4, 0.5) is 0 Å². The van der Waals surface area contributed by atoms with Gasteiger partial charge in [0.1, 0.15) is 5.76 Å². The Morgan fingerprint density at radius 1 is 1.32 bits per heavy atom. The first-order chi connectivity index (χ1) is 8.84. The first kappa shape index (κ1) is 15.7. The van der Waals surface area contributed by atoms with Crippen LogP contribution in [0.15, 0.2) is 4.42 Å². The Morgan fingerprint density at radius 2 is 2.00 bits per heavy atom. The Balaban J connectivity index is 2.53. The zero-order valence-electron chi connectivity index (χ0n) is 12.8. The van der Waals surface area contributed by atoms with Crippen LogP contribution < -0.4 is 5.32 Å². The Labute approximate surface area is 116 Å². The highest BCUT2D eigenvalue weighted by Gasteiger charge is 2.23. The van der Waals surface area contributed by atoms with Crippen molar-refractivity contribution in [1.29, 1.82) is 0 Å². The number of carbonyl (C=O) groups excluding carboxylic acids is 1. The third kappa shape index (κ3) is 5.05. The van der Waals surface area contributed by atoms with E-state index in [4.69, 9.17) is 4.42 Å². The molecule has 19 heavy (non-hydrogen) atoms. The number of nitrogens with zero attached hydrogens (tertiary/aromatic N) is 1. The lowest BCUT2D eigenvalue weighted by Crippen LogP contribution is -2.26. The lowest BCUT2D eigenvalue weighted by molar-refractivity contribution is -0.120. The average Bonchev–Trinajstić information content (AvgIpc) is 2.66. The van der Waals surface area contributed by atoms with Gasteiger partial charge < -0.3 is 9.73 Å². The van der Waals surface area contributed by atoms with Crippen molar-refractivity contribution >= 4 is 5.91 Å². The minimum Gasteiger partial charge on any atom is -0.444 e. The number of amides is 1. The predicted octanol–water partition coefficient (Wildman–Crippen LogP) is 3.13. The van der Waals surface area contributed by atoms with E-state index in [9.17, 15) is 4.79 Å². The third-order valence-corrected chi connectivity index (χ3v) is 2.96. The highest BCUT2D eigenvalue weighted by Crippen LogP contribution is 2.23. The summed E-state index contributed by atoms with van der Waals surface area (Å²) in [5.41, 5.74) is 0.689. The quantitative estimate of drug-likeness (QED) is 0.805. The number of nitrogens with one attached hydrogen (secondary N) is 1. The molecule has 0 unspecified atom stereocenters. The molecule has 1 aromatic rings. The number of hydrogen-bond donors (Lipinski definition) is 1. The van der Waals surface area contributed by atoms with Gasteiger partial charge in [-0.1, -0.05) is 40.5 Å². The van der Waals surface area contributed by atoms with Crippen LogP contribution in [0.2, 0.25) is 0 Å². The van der Waals surface area contributed by atoms with Crippen LogP contribution in [0.1, 0.15) is 64.3 Å². The molecule has 0 aliphatic rings. The minimum atomic E-state index is -0.124. The number of aryl methyl sites for hydroxylation is 1. The molecule has 1 rings (SSSR count). The van der Waals surface area contributed by atoms with E-state index in [0.29, 0.717) is 11.7 Å². The molecule has 0 spiro atoms. The van der Waals surface area contributed by atoms with Crippen LogP contribution in [0.5, 0.6) is 0 Å². The van der Waals surface area contributed by atoms with Crippen molar-refractivity contribution in [2.24, 2.45) is 0 Å². The lowest BCUT2D eigenvalue weighted by Gasteiger charge is -2.12. The standard InChI is InChI=1S/C15H26N2O2/c1-6-7-8-9-16-13(18)10-12-11(2)17-14(19-12)15(3,4)5/h6-10H2,1-5H3,(H,16,18). The van der Waals surface area contributed by atoms with Crippen molar-refractivity contribution in [2.75, 3.05) is 6.54 Å². The molecule has 0 aliphatic carbocycles. The smallest absolute Gasteiger partial charge is 0.227 e. The van der Waals surface area contributed by atoms with Crippen molar-refractivity contribution < 1.29 is 9.21 Å². The average molecular weight is 266 g/mol. The molecule has 0 radical (unpaired) electrons. The monoisotopic (exact) mass is 266 g/mol. The molecule has 1 amide bonds. The summed E-state index contributed by atoms with van der Waals surface area (Å²) < 4.78 is 5.71. The molecule has 1 heterocycles. The summed E-state index contributed by atoms with van der Waals surface area (Å²) in [6, 6.07) is 0. The van der Waals surface area contributed by atoms with Gasteiger partial charge in [-0.05, 0) is 13.3 Å². The zero-order chi connectivity index (χ0) is 14.5. The molecule has 0 bridgehead atoms. The molecule has 0 saturated heterocycles. The molecule has 0 saturated carbocycles. The summed E-state index contributed by atoms with van der Waals surface area (Å²) in [5, 5.41) is 2.91. The fourth-order valence-corrected chi connectivity index (χ4v) is 1.72. The Morgan fingerprint density at radius 3 is 2.53 bits per heavy atom. The van der Waals surface area contributed by atoms with Crippen LogP contribution in [0.3, 0.4) is 0 Å². The van der Waals surface area contributed by atoms with Crippen LogP contribution >= 0.6 is 0 Å². The zero-order valence-corrected chi connectivity index (χ0v) is 12.8. The van der Waals surface area contributed by atoms with Gasteiger partial charge in [0.2, 0.25) is 5.91 Å². The maximum atomic E-state index is 11.8. The number of aromatic nitrogens is 1. The molecule has 1 aromatic heterocycles. The summed E-state index contributed by atoms with van der Waals surface area (Å²) in [7, 11) is 0. The molecule has 0 fully saturated rings. The summed E-state index contributed by atoms with van der Waals surface area (Å²) in [5.74, 6) is 1.38. The fourth-order valence-electron chi connectivity index (χ4n) is 1.72. The van der Waals surface area contributed by atoms with Gasteiger partial charge in [0.25, 0.3) is 0 Å². The van der Waals surface area contributed by atoms with Gasteiger partial charge >= 0.3 is 0 Å². The first-order valence-electron chi connectivity index (χ1n) is 7.08. The van der Waals surface area contributed by atoms with Crippen molar-refractivity contribution in [3.63, 3.8) is 0 Å². The number of hydrogen-bond acceptors (Lipinski definition) is 3. The second-order valence-corrected chi connectivity index (χ2v) is 6.01. The van der Waals surface area contributed by atoms with E-state index < -0.39 is 0 Å². The molecule has 4 nitrogen and oxygen atoms in total. The number of oxazole rings is 1. The van der Waals surface area contributed by atoms with E-state index >= 15 is 0 Å². The summed E-state index contributed by atoms with van der Waals surface area (Å²) in [6.07, 6.45) is 3.62. The van der Waals surface area contributed by atoms with Gasteiger partial charge in [0.05, 0.1) is 12.1 Å². The van der Waals surface area contributed by atoms with Crippen molar-refractivity contribution in [2.45, 2.75) is 65.7 Å². The Kier molecular flexibility index (Phi) is 5.58. The molecular weight excluding hydrogens is 240 g/mol. The molecule has 4 heteroatoms. The first-order valence-corrected chi connectivity index (χ1v) is 7.08. The largest absolute Gasteiger partial charge is 0.444 e. The minimum absolute atomic E-state index is 0.0100. The van der Waals surface area contributed by atoms with Crippen LogP contribution in [0.25, 0.3) is 0 Å². The number of rotatable bonds is 6. The van der Waals surface area contributed by atoms with Gasteiger partial charge in [0, 0.05) is 12.0 Å². The van der Waals surface area contributed by atoms with Crippen LogP contribution in [0, 0.1) is 6.92 Å². The topological polar surface area (TPSA) is 55.1 Å². The molecule has 0 aliphatic heterocycles. The maximum Gasteiger partial charge on any atom is 0.227 e. The van der Waals surface area contributed by atoms with Gasteiger partial charge in [-0.3, -0.25) is 4.79 Å². The number of carbonyl (C=O) groups is 1. The third-order valence-electron chi connectivity index (χ3n) is 2.96. The van der Waals surface area contributed by atoms with Gasteiger partial charge in [-0.2, -0.15) is 0 Å². The molecular formula is C15H26N2O2. The van der Waals surface area contributed by atoms with Gasteiger partial charge in [-0.15, -0.1) is 0 Å². The molecule has 0 aromatic carbocycles. The Bertz CT molecular complexity index is 416. The highest BCUT2D eigenvalue weighted by molar-refractivity contribution is 5.78. The summed E-state index contributed by atoms with van der Waals surface area (Å²) >= 11 is 0. The van der Waals surface area contributed by atoms with E-state index in [1.165, 1.54) is 0 Å². The van der Waals surface area contributed by atoms with E-state index in [1.54, 1.807) is 0 Å². The summed E-state index contributed by atoms with van der Waals surface area (Å²) in [4.78, 5) is 16.2. The molecule has 108 valence electrons. The molecule has 1 N–H and O–H groups in total. The van der Waals surface area contributed by atoms with Gasteiger partial charge in [-0.25, -0.2) is 4.98 Å². The predicted molar refractivity (Wildman–Crippen MR) is 76.2 cm³/mol. The van der Waals surface area contributed by atoms with Crippen molar-refractivity contribution in [1.82, 2.24) is 10.3 Å². The second-order valence-electron chi connectivity index (χ2n) is 6.01. The van der Waals surface area contributed by atoms with E-state index in [-0.39, 0.29) is 17.7 Å². The van der Waals surface area contributed by atoms with Crippen molar-refractivity contribution in [3.8, 4) is 0 Å². The van der Waals surface area contributed by atoms with E-state index in [0.717, 1.165) is 31.5 Å². The van der Waals surface area contributed by atoms with Crippen LogP contribution in [-0.4, -0.2) is 17.4 Å². The van der Waals surface area contributed by atoms with Gasteiger partial charge in [0.15, 0.2) is 5.89 Å². The van der Waals surface area contributed by atoms with Crippen molar-refractivity contribution in [3.05, 3.63) is 17.3 Å². The van der Waals surface area contributed by atoms with Crippen LogP contribution in [-0.2, 0) is 16.6 Å². The second kappa shape index (κ2) is 6.73. The normalized spacial score (nSPS) is 11.6. The molecule has 0 atom stereocenters. The SMILES string of the molecule is CCCCCNC(=O)Cc1oc(C(C)(C)C)nc1C. The lowest BCUT2D eigenvalue weighted by atomic mass is 9.97.